The van der Waals surface area contributed by atoms with Crippen LogP contribution in [0.15, 0.2) is 12.2 Å². The molecule has 0 bridgehead atoms. The lowest BCUT2D eigenvalue weighted by Crippen LogP contribution is -2.63. The normalized spacial score (nSPS) is 49.2. The molecule has 1 aliphatic heterocycles. The number of fused-ring (bicyclic) bond motifs is 3. The van der Waals surface area contributed by atoms with E-state index in [9.17, 15) is 9.59 Å². The number of hydrogen-bond donors (Lipinski definition) is 0. The molecule has 4 aliphatic rings. The summed E-state index contributed by atoms with van der Waals surface area (Å²) in [6.45, 7) is 18.8. The van der Waals surface area contributed by atoms with Crippen LogP contribution in [0.5, 0.6) is 0 Å². The Morgan fingerprint density at radius 3 is 2.18 bits per heavy atom. The fraction of sp³-hybridized carbons (Fsp3) is 0.862. The van der Waals surface area contributed by atoms with Crippen LogP contribution in [0, 0.1) is 39.4 Å². The van der Waals surface area contributed by atoms with E-state index in [4.69, 9.17) is 9.47 Å². The van der Waals surface area contributed by atoms with Gasteiger partial charge in [-0.15, -0.1) is 0 Å². The molecule has 8 atom stereocenters. The van der Waals surface area contributed by atoms with Gasteiger partial charge in [0.25, 0.3) is 0 Å². The highest BCUT2D eigenvalue weighted by molar-refractivity contribution is 5.72. The highest BCUT2D eigenvalue weighted by atomic mass is 16.6. The summed E-state index contributed by atoms with van der Waals surface area (Å²) in [5.41, 5.74) is 1.49. The minimum Gasteiger partial charge on any atom is -0.469 e. The Morgan fingerprint density at radius 1 is 1.00 bits per heavy atom. The van der Waals surface area contributed by atoms with Gasteiger partial charge in [-0.3, -0.25) is 9.59 Å². The monoisotopic (exact) mass is 458 g/mol. The third-order valence-corrected chi connectivity index (χ3v) is 12.1. The number of carbonyl (C=O) groups is 2. The number of ether oxygens (including phenoxy) is 2. The average Bonchev–Trinajstić information content (AvgIpc) is 3.23. The predicted molar refractivity (Wildman–Crippen MR) is 130 cm³/mol. The van der Waals surface area contributed by atoms with E-state index < -0.39 is 0 Å². The number of methoxy groups -OCH3 is 1. The van der Waals surface area contributed by atoms with Gasteiger partial charge in [-0.2, -0.15) is 0 Å². The lowest BCUT2D eigenvalue weighted by Gasteiger charge is -2.69. The van der Waals surface area contributed by atoms with Crippen molar-refractivity contribution in [1.82, 2.24) is 0 Å². The Labute approximate surface area is 201 Å². The molecule has 0 amide bonds. The zero-order valence-corrected chi connectivity index (χ0v) is 22.1. The molecule has 0 aromatic rings. The molecule has 33 heavy (non-hydrogen) atoms. The van der Waals surface area contributed by atoms with E-state index in [0.29, 0.717) is 30.6 Å². The first-order valence-corrected chi connectivity index (χ1v) is 13.2. The van der Waals surface area contributed by atoms with Crippen molar-refractivity contribution in [3.63, 3.8) is 0 Å². The van der Waals surface area contributed by atoms with Gasteiger partial charge in [-0.05, 0) is 98.7 Å². The molecule has 0 spiro atoms. The van der Waals surface area contributed by atoms with E-state index in [1.807, 2.05) is 0 Å². The van der Waals surface area contributed by atoms with Crippen LogP contribution in [0.4, 0.5) is 0 Å². The quantitative estimate of drug-likeness (QED) is 0.333. The van der Waals surface area contributed by atoms with Crippen molar-refractivity contribution in [2.45, 2.75) is 111 Å². The maximum atomic E-state index is 12.2. The topological polar surface area (TPSA) is 52.6 Å². The van der Waals surface area contributed by atoms with Crippen molar-refractivity contribution in [3.8, 4) is 0 Å². The van der Waals surface area contributed by atoms with Gasteiger partial charge >= 0.3 is 11.9 Å². The van der Waals surface area contributed by atoms with Crippen LogP contribution in [0.2, 0.25) is 0 Å². The van der Waals surface area contributed by atoms with E-state index in [0.717, 1.165) is 32.1 Å². The molecule has 0 radical (unpaired) electrons. The number of hydrogen-bond acceptors (Lipinski definition) is 4. The second-order valence-electron chi connectivity index (χ2n) is 13.2. The SMILES string of the molecule is C=C(C)[C@@H]1CC[C@]2(C)[C@H](CC[C@]3(C)[C@@H]([C@@]4(C)CCC(=O)O4)CC[C@@]23C)[C@@]1(C)CCC(=O)OC. The molecule has 4 rings (SSSR count). The van der Waals surface area contributed by atoms with Gasteiger partial charge in [0.1, 0.15) is 5.60 Å². The summed E-state index contributed by atoms with van der Waals surface area (Å²) in [6.07, 6.45) is 9.78. The van der Waals surface area contributed by atoms with Gasteiger partial charge in [0.2, 0.25) is 0 Å². The summed E-state index contributed by atoms with van der Waals surface area (Å²) in [5.74, 6) is 1.28. The second-order valence-corrected chi connectivity index (χ2v) is 13.2. The van der Waals surface area contributed by atoms with E-state index >= 15 is 0 Å². The van der Waals surface area contributed by atoms with Gasteiger partial charge in [0.05, 0.1) is 7.11 Å². The maximum absolute atomic E-state index is 12.2. The first kappa shape index (κ1) is 24.8. The van der Waals surface area contributed by atoms with E-state index in [1.54, 1.807) is 0 Å². The minimum absolute atomic E-state index is 0.0213. The largest absolute Gasteiger partial charge is 0.469 e. The third-order valence-electron chi connectivity index (χ3n) is 12.1. The highest BCUT2D eigenvalue weighted by Crippen LogP contribution is 2.78. The van der Waals surface area contributed by atoms with Crippen LogP contribution in [0.1, 0.15) is 106 Å². The molecule has 0 N–H and O–H groups in total. The summed E-state index contributed by atoms with van der Waals surface area (Å²) < 4.78 is 11.1. The van der Waals surface area contributed by atoms with Crippen molar-refractivity contribution in [2.75, 3.05) is 7.11 Å². The molecule has 4 heteroatoms. The van der Waals surface area contributed by atoms with Crippen molar-refractivity contribution < 1.29 is 19.1 Å². The van der Waals surface area contributed by atoms with Crippen LogP contribution < -0.4 is 0 Å². The molecule has 4 fully saturated rings. The third kappa shape index (κ3) is 3.28. The number of carbonyl (C=O) groups excluding carboxylic acids is 2. The Balaban J connectivity index is 1.72. The summed E-state index contributed by atoms with van der Waals surface area (Å²) in [6, 6.07) is 0. The molecule has 1 saturated heterocycles. The second kappa shape index (κ2) is 7.85. The number of esters is 2. The molecule has 0 unspecified atom stereocenters. The van der Waals surface area contributed by atoms with Crippen molar-refractivity contribution in [2.24, 2.45) is 39.4 Å². The summed E-state index contributed by atoms with van der Waals surface area (Å²) in [4.78, 5) is 24.3. The minimum atomic E-state index is -0.324. The Hall–Kier alpha value is -1.32. The molecule has 1 heterocycles. The van der Waals surface area contributed by atoms with Crippen LogP contribution in [-0.4, -0.2) is 24.6 Å². The molecule has 0 aromatic heterocycles. The van der Waals surface area contributed by atoms with E-state index in [1.165, 1.54) is 31.9 Å². The zero-order valence-electron chi connectivity index (χ0n) is 22.1. The summed E-state index contributed by atoms with van der Waals surface area (Å²) in [7, 11) is 1.49. The zero-order chi connectivity index (χ0) is 24.4. The number of rotatable bonds is 5. The fourth-order valence-electron chi connectivity index (χ4n) is 10.0. The van der Waals surface area contributed by atoms with Gasteiger partial charge in [-0.25, -0.2) is 0 Å². The molecular formula is C29H46O4. The van der Waals surface area contributed by atoms with Crippen LogP contribution in [-0.2, 0) is 19.1 Å². The molecule has 4 nitrogen and oxygen atoms in total. The number of allylic oxidation sites excluding steroid dienone is 1. The summed E-state index contributed by atoms with van der Waals surface area (Å²) >= 11 is 0. The Kier molecular flexibility index (Phi) is 5.90. The molecular weight excluding hydrogens is 412 g/mol. The summed E-state index contributed by atoms with van der Waals surface area (Å²) in [5, 5.41) is 0. The van der Waals surface area contributed by atoms with E-state index in [2.05, 4.69) is 48.1 Å². The Morgan fingerprint density at radius 2 is 1.61 bits per heavy atom. The Bertz CT molecular complexity index is 849. The lowest BCUT2D eigenvalue weighted by molar-refractivity contribution is -0.214. The van der Waals surface area contributed by atoms with Gasteiger partial charge < -0.3 is 9.47 Å². The molecule has 3 aliphatic carbocycles. The van der Waals surface area contributed by atoms with Crippen molar-refractivity contribution in [1.29, 1.82) is 0 Å². The van der Waals surface area contributed by atoms with Crippen molar-refractivity contribution >= 4 is 11.9 Å². The first-order chi connectivity index (χ1) is 15.3. The predicted octanol–water partition coefficient (Wildman–Crippen LogP) is 6.87. The fourth-order valence-corrected chi connectivity index (χ4v) is 10.0. The van der Waals surface area contributed by atoms with E-state index in [-0.39, 0.29) is 39.2 Å². The van der Waals surface area contributed by atoms with Crippen molar-refractivity contribution in [3.05, 3.63) is 12.2 Å². The first-order valence-electron chi connectivity index (χ1n) is 13.2. The van der Waals surface area contributed by atoms with Gasteiger partial charge in [0.15, 0.2) is 0 Å². The molecule has 186 valence electrons. The molecule has 3 saturated carbocycles. The van der Waals surface area contributed by atoms with Gasteiger partial charge in [-0.1, -0.05) is 39.8 Å². The highest BCUT2D eigenvalue weighted by Gasteiger charge is 2.72. The number of cyclic esters (lactones) is 1. The van der Waals surface area contributed by atoms with Crippen LogP contribution in [0.25, 0.3) is 0 Å². The molecule has 0 aromatic carbocycles. The van der Waals surface area contributed by atoms with Crippen LogP contribution >= 0.6 is 0 Å². The average molecular weight is 459 g/mol. The smallest absolute Gasteiger partial charge is 0.306 e. The maximum Gasteiger partial charge on any atom is 0.306 e. The lowest BCUT2D eigenvalue weighted by atomic mass is 9.35. The van der Waals surface area contributed by atoms with Crippen LogP contribution in [0.3, 0.4) is 0 Å². The van der Waals surface area contributed by atoms with Gasteiger partial charge in [0, 0.05) is 18.8 Å². The standard InChI is InChI=1S/C29H46O4/c1-19(2)20-9-15-26(4)21(25(20,3)14-12-23(30)32-8)10-16-27(5)22(11-18-29(26,27)7)28(6)17-13-24(31)33-28/h20-22H,1,9-18H2,2-8H3/t20-,21+,22-,25-,26+,27+,28+,29-/m0/s1.